The standard InChI is InChI=1S/C14H12ClF4NS/c1-8(12-4-5-13(15)21-12)20-7-9-2-3-10(16)6-11(9)14(17,18)19/h2-6,8,20H,7H2,1H3. The third-order valence-corrected chi connectivity index (χ3v) is 4.41. The molecule has 0 saturated carbocycles. The molecule has 0 bridgehead atoms. The molecule has 2 aromatic rings. The summed E-state index contributed by atoms with van der Waals surface area (Å²) in [6, 6.07) is 6.11. The number of nitrogens with one attached hydrogen (secondary N) is 1. The second kappa shape index (κ2) is 6.34. The van der Waals surface area contributed by atoms with Gasteiger partial charge < -0.3 is 5.32 Å². The van der Waals surface area contributed by atoms with Crippen LogP contribution in [0.1, 0.15) is 29.0 Å². The molecular formula is C14H12ClF4NS. The van der Waals surface area contributed by atoms with E-state index in [4.69, 9.17) is 11.6 Å². The van der Waals surface area contributed by atoms with E-state index in [1.807, 2.05) is 13.0 Å². The van der Waals surface area contributed by atoms with Gasteiger partial charge in [0.2, 0.25) is 0 Å². The zero-order valence-corrected chi connectivity index (χ0v) is 12.5. The van der Waals surface area contributed by atoms with Crippen molar-refractivity contribution in [2.75, 3.05) is 0 Å². The molecule has 0 spiro atoms. The summed E-state index contributed by atoms with van der Waals surface area (Å²) in [6.45, 7) is 1.82. The van der Waals surface area contributed by atoms with Gasteiger partial charge in [-0.25, -0.2) is 4.39 Å². The quantitative estimate of drug-likeness (QED) is 0.735. The second-order valence-corrected chi connectivity index (χ2v) is 6.29. The van der Waals surface area contributed by atoms with Gasteiger partial charge in [-0.1, -0.05) is 17.7 Å². The van der Waals surface area contributed by atoms with E-state index in [1.165, 1.54) is 11.3 Å². The average molecular weight is 338 g/mol. The van der Waals surface area contributed by atoms with Gasteiger partial charge in [0.05, 0.1) is 9.90 Å². The predicted octanol–water partition coefficient (Wildman–Crippen LogP) is 5.41. The molecule has 2 rings (SSSR count). The first-order chi connectivity index (χ1) is 9.77. The van der Waals surface area contributed by atoms with Gasteiger partial charge >= 0.3 is 6.18 Å². The van der Waals surface area contributed by atoms with Crippen LogP contribution in [0.15, 0.2) is 30.3 Å². The SMILES string of the molecule is CC(NCc1ccc(F)cc1C(F)(F)F)c1ccc(Cl)s1. The molecule has 7 heteroatoms. The summed E-state index contributed by atoms with van der Waals surface area (Å²) in [5, 5.41) is 2.99. The number of hydrogen-bond donors (Lipinski definition) is 1. The lowest BCUT2D eigenvalue weighted by Crippen LogP contribution is -2.20. The first-order valence-electron chi connectivity index (χ1n) is 6.11. The summed E-state index contributed by atoms with van der Waals surface area (Å²) >= 11 is 7.19. The van der Waals surface area contributed by atoms with Crippen LogP contribution in [0.4, 0.5) is 17.6 Å². The van der Waals surface area contributed by atoms with Crippen molar-refractivity contribution in [2.45, 2.75) is 25.7 Å². The third-order valence-electron chi connectivity index (χ3n) is 3.00. The maximum Gasteiger partial charge on any atom is 0.416 e. The molecule has 1 unspecified atom stereocenters. The molecule has 114 valence electrons. The zero-order chi connectivity index (χ0) is 15.6. The minimum atomic E-state index is -4.57. The van der Waals surface area contributed by atoms with Crippen molar-refractivity contribution < 1.29 is 17.6 Å². The first-order valence-corrected chi connectivity index (χ1v) is 7.31. The number of thiophene rings is 1. The molecular weight excluding hydrogens is 326 g/mol. The number of benzene rings is 1. The van der Waals surface area contributed by atoms with E-state index in [2.05, 4.69) is 5.32 Å². The van der Waals surface area contributed by atoms with Crippen LogP contribution in [-0.4, -0.2) is 0 Å². The Bertz CT molecular complexity index is 624. The Balaban J connectivity index is 2.13. The number of hydrogen-bond acceptors (Lipinski definition) is 2. The van der Waals surface area contributed by atoms with Gasteiger partial charge in [0.15, 0.2) is 0 Å². The highest BCUT2D eigenvalue weighted by Gasteiger charge is 2.33. The normalized spacial score (nSPS) is 13.4. The van der Waals surface area contributed by atoms with Crippen LogP contribution in [0.5, 0.6) is 0 Å². The lowest BCUT2D eigenvalue weighted by atomic mass is 10.1. The Morgan fingerprint density at radius 3 is 2.52 bits per heavy atom. The molecule has 21 heavy (non-hydrogen) atoms. The topological polar surface area (TPSA) is 12.0 Å². The largest absolute Gasteiger partial charge is 0.416 e. The summed E-state index contributed by atoms with van der Waals surface area (Å²) in [4.78, 5) is 0.927. The van der Waals surface area contributed by atoms with Gasteiger partial charge in [-0.3, -0.25) is 0 Å². The summed E-state index contributed by atoms with van der Waals surface area (Å²) < 4.78 is 52.2. The Labute approximate surface area is 128 Å². The summed E-state index contributed by atoms with van der Waals surface area (Å²) in [5.41, 5.74) is -0.940. The van der Waals surface area contributed by atoms with Crippen LogP contribution in [0.2, 0.25) is 4.34 Å². The van der Waals surface area contributed by atoms with E-state index in [-0.39, 0.29) is 18.2 Å². The Kier molecular flexibility index (Phi) is 4.91. The number of rotatable bonds is 4. The smallest absolute Gasteiger partial charge is 0.305 e. The van der Waals surface area contributed by atoms with Crippen LogP contribution in [0.25, 0.3) is 0 Å². The fourth-order valence-electron chi connectivity index (χ4n) is 1.89. The van der Waals surface area contributed by atoms with E-state index in [0.717, 1.165) is 17.0 Å². The molecule has 0 aliphatic heterocycles. The minimum Gasteiger partial charge on any atom is -0.305 e. The van der Waals surface area contributed by atoms with Crippen LogP contribution in [0, 0.1) is 5.82 Å². The van der Waals surface area contributed by atoms with E-state index in [0.29, 0.717) is 10.4 Å². The van der Waals surface area contributed by atoms with Crippen LogP contribution in [0.3, 0.4) is 0 Å². The van der Waals surface area contributed by atoms with Gasteiger partial charge in [-0.2, -0.15) is 13.2 Å². The van der Waals surface area contributed by atoms with E-state index < -0.39 is 17.6 Å². The highest BCUT2D eigenvalue weighted by molar-refractivity contribution is 7.16. The third kappa shape index (κ3) is 4.18. The highest BCUT2D eigenvalue weighted by Crippen LogP contribution is 2.33. The fraction of sp³-hybridized carbons (Fsp3) is 0.286. The van der Waals surface area contributed by atoms with Gasteiger partial charge in [0, 0.05) is 17.5 Å². The van der Waals surface area contributed by atoms with Crippen molar-refractivity contribution in [1.82, 2.24) is 5.32 Å². The fourth-order valence-corrected chi connectivity index (χ4v) is 2.98. The molecule has 0 fully saturated rings. The molecule has 1 N–H and O–H groups in total. The number of alkyl halides is 3. The van der Waals surface area contributed by atoms with Crippen LogP contribution in [-0.2, 0) is 12.7 Å². The van der Waals surface area contributed by atoms with Crippen molar-refractivity contribution >= 4 is 22.9 Å². The van der Waals surface area contributed by atoms with Gasteiger partial charge in [-0.05, 0) is 36.8 Å². The van der Waals surface area contributed by atoms with Crippen molar-refractivity contribution in [3.63, 3.8) is 0 Å². The van der Waals surface area contributed by atoms with Crippen molar-refractivity contribution in [3.05, 3.63) is 56.5 Å². The zero-order valence-electron chi connectivity index (χ0n) is 11.0. The van der Waals surface area contributed by atoms with Crippen LogP contribution >= 0.6 is 22.9 Å². The Hall–Kier alpha value is -1.11. The molecule has 0 amide bonds. The van der Waals surface area contributed by atoms with Gasteiger partial charge in [-0.15, -0.1) is 11.3 Å². The monoisotopic (exact) mass is 337 g/mol. The van der Waals surface area contributed by atoms with Crippen LogP contribution < -0.4 is 5.32 Å². The Morgan fingerprint density at radius 1 is 1.24 bits per heavy atom. The number of halogens is 5. The molecule has 1 nitrogen and oxygen atoms in total. The average Bonchev–Trinajstić information content (AvgIpc) is 2.82. The van der Waals surface area contributed by atoms with E-state index >= 15 is 0 Å². The maximum atomic E-state index is 13.0. The van der Waals surface area contributed by atoms with Crippen molar-refractivity contribution in [3.8, 4) is 0 Å². The molecule has 1 heterocycles. The van der Waals surface area contributed by atoms with Gasteiger partial charge in [0.25, 0.3) is 0 Å². The summed E-state index contributed by atoms with van der Waals surface area (Å²) in [6.07, 6.45) is -4.57. The minimum absolute atomic E-state index is 0.00813. The van der Waals surface area contributed by atoms with E-state index in [9.17, 15) is 17.6 Å². The summed E-state index contributed by atoms with van der Waals surface area (Å²) in [5.74, 6) is -0.899. The first kappa shape index (κ1) is 16.3. The van der Waals surface area contributed by atoms with E-state index in [1.54, 1.807) is 6.07 Å². The molecule has 0 aliphatic carbocycles. The van der Waals surface area contributed by atoms with Crippen molar-refractivity contribution in [2.24, 2.45) is 0 Å². The molecule has 1 atom stereocenters. The molecule has 1 aromatic carbocycles. The highest BCUT2D eigenvalue weighted by atomic mass is 35.5. The summed E-state index contributed by atoms with van der Waals surface area (Å²) in [7, 11) is 0. The maximum absolute atomic E-state index is 13.0. The lowest BCUT2D eigenvalue weighted by molar-refractivity contribution is -0.138. The molecule has 0 radical (unpaired) electrons. The lowest BCUT2D eigenvalue weighted by Gasteiger charge is -2.16. The second-order valence-electron chi connectivity index (χ2n) is 4.54. The predicted molar refractivity (Wildman–Crippen MR) is 76.0 cm³/mol. The molecule has 0 aliphatic rings. The Morgan fingerprint density at radius 2 is 1.95 bits per heavy atom. The molecule has 1 aromatic heterocycles. The van der Waals surface area contributed by atoms with Crippen molar-refractivity contribution in [1.29, 1.82) is 0 Å². The van der Waals surface area contributed by atoms with Gasteiger partial charge in [0.1, 0.15) is 5.82 Å². The molecule has 0 saturated heterocycles.